The van der Waals surface area contributed by atoms with E-state index in [4.69, 9.17) is 0 Å². The van der Waals surface area contributed by atoms with Crippen LogP contribution in [0.15, 0.2) is 16.3 Å². The van der Waals surface area contributed by atoms with Crippen molar-refractivity contribution >= 4 is 34.3 Å². The van der Waals surface area contributed by atoms with Crippen LogP contribution >= 0.6 is 23.3 Å². The summed E-state index contributed by atoms with van der Waals surface area (Å²) in [5, 5.41) is 0. The summed E-state index contributed by atoms with van der Waals surface area (Å²) < 4.78 is 18.0. The van der Waals surface area contributed by atoms with E-state index in [0.29, 0.717) is 5.92 Å². The molecule has 0 radical (unpaired) electrons. The third-order valence-corrected chi connectivity index (χ3v) is 6.98. The predicted molar refractivity (Wildman–Crippen MR) is 95.2 cm³/mol. The molecular formula is C15H26N2OS3. The summed E-state index contributed by atoms with van der Waals surface area (Å²) in [6.07, 6.45) is 4.08. The van der Waals surface area contributed by atoms with Gasteiger partial charge in [-0.05, 0) is 48.3 Å². The lowest BCUT2D eigenvalue weighted by atomic mass is 9.95. The Labute approximate surface area is 139 Å². The quantitative estimate of drug-likeness (QED) is 0.826. The molecule has 1 fully saturated rings. The Bertz CT molecular complexity index is 474. The largest absolute Gasteiger partial charge is 0.246 e. The number of nitrogens with one attached hydrogen (secondary N) is 1. The predicted octanol–water partition coefficient (Wildman–Crippen LogP) is 3.65. The van der Waals surface area contributed by atoms with E-state index in [0.717, 1.165) is 19.6 Å². The van der Waals surface area contributed by atoms with Crippen LogP contribution in [0.5, 0.6) is 0 Å². The second-order valence-electron chi connectivity index (χ2n) is 6.63. The van der Waals surface area contributed by atoms with Gasteiger partial charge in [0.25, 0.3) is 0 Å². The molecule has 1 N–H and O–H groups in total. The first-order chi connectivity index (χ1) is 9.84. The topological polar surface area (TPSA) is 32.3 Å². The molecule has 1 aromatic heterocycles. The molecule has 2 rings (SSSR count). The van der Waals surface area contributed by atoms with Crippen molar-refractivity contribution in [1.29, 1.82) is 0 Å². The van der Waals surface area contributed by atoms with Gasteiger partial charge in [0.05, 0.1) is 15.2 Å². The molecule has 1 aliphatic heterocycles. The van der Waals surface area contributed by atoms with E-state index in [1.54, 1.807) is 6.26 Å². The maximum atomic E-state index is 11.1. The Morgan fingerprint density at radius 1 is 1.38 bits per heavy atom. The highest BCUT2D eigenvalue weighted by Crippen LogP contribution is 2.37. The first kappa shape index (κ1) is 17.5. The Balaban J connectivity index is 1.78. The molecule has 0 saturated carbocycles. The third kappa shape index (κ3) is 5.67. The molecule has 1 aliphatic rings. The minimum absolute atomic E-state index is 0.248. The average Bonchev–Trinajstić information content (AvgIpc) is 2.86. The van der Waals surface area contributed by atoms with Gasteiger partial charge < -0.3 is 0 Å². The van der Waals surface area contributed by atoms with E-state index in [9.17, 15) is 4.21 Å². The highest BCUT2D eigenvalue weighted by atomic mass is 32.2. The Morgan fingerprint density at radius 3 is 2.57 bits per heavy atom. The van der Waals surface area contributed by atoms with Crippen LogP contribution in [0, 0.1) is 5.92 Å². The molecule has 3 nitrogen and oxygen atoms in total. The van der Waals surface area contributed by atoms with Crippen LogP contribution in [0.3, 0.4) is 0 Å². The summed E-state index contributed by atoms with van der Waals surface area (Å²) in [4.78, 5) is 1.45. The number of rotatable bonds is 5. The Morgan fingerprint density at radius 2 is 2.05 bits per heavy atom. The summed E-state index contributed by atoms with van der Waals surface area (Å²) in [5.74, 6) is 0.666. The number of nitrogens with zero attached hydrogens (tertiary/aromatic N) is 1. The standard InChI is InChI=1S/C15H26N2OS3/c1-15(2,3)13-5-6-14(19-13)20-17-9-7-12(8-10-17)11-16-21(4)18/h5-6,12,16H,7-11H2,1-4H3. The molecule has 1 aromatic rings. The van der Waals surface area contributed by atoms with E-state index in [1.165, 1.54) is 21.9 Å². The van der Waals surface area contributed by atoms with Crippen LogP contribution in [-0.2, 0) is 16.4 Å². The molecule has 0 spiro atoms. The second kappa shape index (κ2) is 7.59. The van der Waals surface area contributed by atoms with E-state index in [2.05, 4.69) is 41.9 Å². The first-order valence-electron chi connectivity index (χ1n) is 7.45. The molecule has 1 unspecified atom stereocenters. The number of hydrogen-bond donors (Lipinski definition) is 1. The molecule has 2 heterocycles. The van der Waals surface area contributed by atoms with E-state index >= 15 is 0 Å². The van der Waals surface area contributed by atoms with Gasteiger partial charge in [-0.1, -0.05) is 20.8 Å². The van der Waals surface area contributed by atoms with Gasteiger partial charge in [0.15, 0.2) is 0 Å². The van der Waals surface area contributed by atoms with Crippen molar-refractivity contribution in [2.75, 3.05) is 25.9 Å². The van der Waals surface area contributed by atoms with Gasteiger partial charge in [0.2, 0.25) is 0 Å². The fourth-order valence-corrected chi connectivity index (χ4v) is 5.12. The lowest BCUT2D eigenvalue weighted by molar-refractivity contribution is 0.293. The van der Waals surface area contributed by atoms with Crippen molar-refractivity contribution in [2.24, 2.45) is 5.92 Å². The summed E-state index contributed by atoms with van der Waals surface area (Å²) in [6.45, 7) is 9.93. The normalized spacial score (nSPS) is 19.8. The van der Waals surface area contributed by atoms with Crippen molar-refractivity contribution in [3.63, 3.8) is 0 Å². The molecule has 21 heavy (non-hydrogen) atoms. The highest BCUT2D eigenvalue weighted by Gasteiger charge is 2.21. The van der Waals surface area contributed by atoms with Crippen LogP contribution in [-0.4, -0.2) is 34.4 Å². The molecular weight excluding hydrogens is 320 g/mol. The van der Waals surface area contributed by atoms with Gasteiger partial charge >= 0.3 is 0 Å². The van der Waals surface area contributed by atoms with Gasteiger partial charge in [-0.15, -0.1) is 11.3 Å². The summed E-state index contributed by atoms with van der Waals surface area (Å²) >= 11 is 3.82. The van der Waals surface area contributed by atoms with Crippen molar-refractivity contribution < 1.29 is 4.21 Å². The van der Waals surface area contributed by atoms with Crippen LogP contribution in [0.1, 0.15) is 38.5 Å². The fraction of sp³-hybridized carbons (Fsp3) is 0.733. The molecule has 6 heteroatoms. The lowest BCUT2D eigenvalue weighted by Crippen LogP contribution is -2.34. The van der Waals surface area contributed by atoms with E-state index in [-0.39, 0.29) is 5.41 Å². The van der Waals surface area contributed by atoms with Crippen LogP contribution in [0.2, 0.25) is 0 Å². The SMILES string of the molecule is CS(=O)NCC1CCN(Sc2ccc(C(C)(C)C)s2)CC1. The van der Waals surface area contributed by atoms with Crippen molar-refractivity contribution in [1.82, 2.24) is 9.03 Å². The van der Waals surface area contributed by atoms with Gasteiger partial charge in [-0.25, -0.2) is 13.2 Å². The minimum Gasteiger partial charge on any atom is -0.246 e. The van der Waals surface area contributed by atoms with Gasteiger partial charge in [0.1, 0.15) is 0 Å². The maximum absolute atomic E-state index is 11.1. The molecule has 0 aromatic carbocycles. The van der Waals surface area contributed by atoms with Crippen LogP contribution in [0.25, 0.3) is 0 Å². The zero-order valence-electron chi connectivity index (χ0n) is 13.3. The molecule has 1 saturated heterocycles. The smallest absolute Gasteiger partial charge is 0.0883 e. The number of piperidine rings is 1. The summed E-state index contributed by atoms with van der Waals surface area (Å²) in [7, 11) is -0.880. The van der Waals surface area contributed by atoms with E-state index < -0.39 is 11.0 Å². The molecule has 120 valence electrons. The van der Waals surface area contributed by atoms with Crippen molar-refractivity contribution in [3.05, 3.63) is 17.0 Å². The number of hydrogen-bond acceptors (Lipinski definition) is 4. The van der Waals surface area contributed by atoms with Crippen molar-refractivity contribution in [3.8, 4) is 0 Å². The lowest BCUT2D eigenvalue weighted by Gasteiger charge is -2.30. The first-order valence-corrected chi connectivity index (χ1v) is 10.6. The molecule has 0 amide bonds. The van der Waals surface area contributed by atoms with E-state index in [1.807, 2.05) is 23.3 Å². The Kier molecular flexibility index (Phi) is 6.32. The maximum Gasteiger partial charge on any atom is 0.0883 e. The monoisotopic (exact) mass is 346 g/mol. The fourth-order valence-electron chi connectivity index (χ4n) is 2.34. The zero-order valence-corrected chi connectivity index (χ0v) is 15.8. The van der Waals surface area contributed by atoms with Gasteiger partial charge in [0, 0.05) is 30.8 Å². The minimum atomic E-state index is -0.880. The summed E-state index contributed by atoms with van der Waals surface area (Å²) in [5.41, 5.74) is 0.248. The van der Waals surface area contributed by atoms with Crippen molar-refractivity contribution in [2.45, 2.75) is 43.2 Å². The van der Waals surface area contributed by atoms with Crippen LogP contribution in [0.4, 0.5) is 0 Å². The third-order valence-electron chi connectivity index (χ3n) is 3.69. The van der Waals surface area contributed by atoms with Gasteiger partial charge in [-0.3, -0.25) is 0 Å². The van der Waals surface area contributed by atoms with Gasteiger partial charge in [-0.2, -0.15) is 0 Å². The number of thiophene rings is 1. The second-order valence-corrected chi connectivity index (χ2v) is 10.3. The summed E-state index contributed by atoms with van der Waals surface area (Å²) in [6, 6.07) is 4.52. The highest BCUT2D eigenvalue weighted by molar-refractivity contribution is 7.98. The zero-order chi connectivity index (χ0) is 15.5. The molecule has 0 aliphatic carbocycles. The molecule has 0 bridgehead atoms. The average molecular weight is 347 g/mol. The van der Waals surface area contributed by atoms with Crippen LogP contribution < -0.4 is 4.72 Å². The Hall–Kier alpha value is 0.120. The molecule has 1 atom stereocenters.